The minimum atomic E-state index is -1.34. The molecule has 2 heterocycles. The highest BCUT2D eigenvalue weighted by molar-refractivity contribution is 5.75. The molecule has 0 aliphatic rings. The zero-order valence-electron chi connectivity index (χ0n) is 12.1. The second-order valence-corrected chi connectivity index (χ2v) is 4.52. The van der Waals surface area contributed by atoms with Crippen LogP contribution in [0.15, 0.2) is 11.0 Å². The summed E-state index contributed by atoms with van der Waals surface area (Å²) in [6.07, 6.45) is 1.47. The molecule has 1 atom stereocenters. The summed E-state index contributed by atoms with van der Waals surface area (Å²) in [6.45, 7) is 6.06. The minimum Gasteiger partial charge on any atom is -0.549 e. The molecule has 0 saturated carbocycles. The average molecular weight is 290 g/mol. The Balaban J connectivity index is 2.72. The molecule has 0 amide bonds. The molecule has 1 unspecified atom stereocenters. The number of anilines is 1. The van der Waals surface area contributed by atoms with E-state index in [0.29, 0.717) is 30.2 Å². The van der Waals surface area contributed by atoms with Crippen LogP contribution in [0.4, 0.5) is 5.95 Å². The van der Waals surface area contributed by atoms with Crippen LogP contribution in [0, 0.1) is 0 Å². The standard InChI is InChI=1S/C13H17N5O3/c1-4-14-13-15-6-8-10(17-13)18(5-2)11(19)9(16-8)7(3)12(20)21/h6-7H,4-5H2,1-3H3,(H,20,21)(H,14,15,17)/p-1. The number of carbonyl (C=O) groups excluding carboxylic acids is 1. The first-order chi connectivity index (χ1) is 9.99. The van der Waals surface area contributed by atoms with Crippen molar-refractivity contribution in [2.45, 2.75) is 33.2 Å². The summed E-state index contributed by atoms with van der Waals surface area (Å²) >= 11 is 0. The molecule has 0 aromatic carbocycles. The van der Waals surface area contributed by atoms with E-state index in [4.69, 9.17) is 0 Å². The smallest absolute Gasteiger partial charge is 0.274 e. The lowest BCUT2D eigenvalue weighted by molar-refractivity contribution is -0.307. The van der Waals surface area contributed by atoms with Crippen LogP contribution in [-0.4, -0.2) is 32.0 Å². The van der Waals surface area contributed by atoms with Gasteiger partial charge in [0.15, 0.2) is 5.65 Å². The third-order valence-electron chi connectivity index (χ3n) is 3.13. The van der Waals surface area contributed by atoms with E-state index in [1.54, 1.807) is 6.92 Å². The molecule has 1 N–H and O–H groups in total. The number of rotatable bonds is 5. The average Bonchev–Trinajstić information content (AvgIpc) is 2.46. The van der Waals surface area contributed by atoms with Crippen LogP contribution >= 0.6 is 0 Å². The number of nitrogens with one attached hydrogen (secondary N) is 1. The Hall–Kier alpha value is -2.51. The highest BCUT2D eigenvalue weighted by atomic mass is 16.4. The van der Waals surface area contributed by atoms with E-state index >= 15 is 0 Å². The Bertz CT molecular complexity index is 740. The number of aromatic nitrogens is 4. The Kier molecular flexibility index (Phi) is 4.15. The van der Waals surface area contributed by atoms with Crippen LogP contribution in [-0.2, 0) is 11.3 Å². The van der Waals surface area contributed by atoms with Gasteiger partial charge in [-0.1, -0.05) is 6.92 Å². The maximum absolute atomic E-state index is 12.4. The van der Waals surface area contributed by atoms with Gasteiger partial charge >= 0.3 is 0 Å². The molecule has 0 bridgehead atoms. The molecule has 2 aromatic rings. The zero-order chi connectivity index (χ0) is 15.6. The number of hydrogen-bond donors (Lipinski definition) is 1. The third kappa shape index (κ3) is 2.69. The highest BCUT2D eigenvalue weighted by Gasteiger charge is 2.18. The van der Waals surface area contributed by atoms with Gasteiger partial charge in [-0.15, -0.1) is 0 Å². The summed E-state index contributed by atoms with van der Waals surface area (Å²) < 4.78 is 1.39. The number of nitrogens with zero attached hydrogens (tertiary/aromatic N) is 4. The van der Waals surface area contributed by atoms with Crippen molar-refractivity contribution in [3.63, 3.8) is 0 Å². The van der Waals surface area contributed by atoms with Gasteiger partial charge in [0.25, 0.3) is 5.56 Å². The Morgan fingerprint density at radius 3 is 2.71 bits per heavy atom. The van der Waals surface area contributed by atoms with E-state index in [-0.39, 0.29) is 5.69 Å². The second kappa shape index (κ2) is 5.86. The van der Waals surface area contributed by atoms with Crippen molar-refractivity contribution >= 4 is 23.1 Å². The number of aryl methyl sites for hydroxylation is 1. The van der Waals surface area contributed by atoms with E-state index in [9.17, 15) is 14.7 Å². The molecule has 2 aromatic heterocycles. The first kappa shape index (κ1) is 14.9. The molecule has 8 heteroatoms. The Labute approximate surface area is 120 Å². The van der Waals surface area contributed by atoms with Gasteiger partial charge in [-0.2, -0.15) is 4.98 Å². The quantitative estimate of drug-likeness (QED) is 0.789. The van der Waals surface area contributed by atoms with Gasteiger partial charge in [-0.25, -0.2) is 9.97 Å². The molecular weight excluding hydrogens is 274 g/mol. The van der Waals surface area contributed by atoms with Gasteiger partial charge in [0.2, 0.25) is 5.95 Å². The number of carboxylic acids is 1. The van der Waals surface area contributed by atoms with Gasteiger partial charge in [0.05, 0.1) is 12.2 Å². The van der Waals surface area contributed by atoms with Crippen molar-refractivity contribution in [2.24, 2.45) is 0 Å². The molecular formula is C13H16N5O3-. The van der Waals surface area contributed by atoms with E-state index in [0.717, 1.165) is 0 Å². The molecule has 0 saturated heterocycles. The predicted molar refractivity (Wildman–Crippen MR) is 74.9 cm³/mol. The van der Waals surface area contributed by atoms with Crippen molar-refractivity contribution in [2.75, 3.05) is 11.9 Å². The van der Waals surface area contributed by atoms with Gasteiger partial charge in [-0.3, -0.25) is 9.36 Å². The van der Waals surface area contributed by atoms with Gasteiger partial charge in [0.1, 0.15) is 11.2 Å². The van der Waals surface area contributed by atoms with Crippen molar-refractivity contribution < 1.29 is 9.90 Å². The molecule has 0 fully saturated rings. The lowest BCUT2D eigenvalue weighted by atomic mass is 10.1. The molecule has 0 spiro atoms. The fourth-order valence-electron chi connectivity index (χ4n) is 1.99. The normalized spacial score (nSPS) is 12.3. The Morgan fingerprint density at radius 1 is 1.43 bits per heavy atom. The predicted octanol–water partition coefficient (Wildman–Crippen LogP) is -0.508. The summed E-state index contributed by atoms with van der Waals surface area (Å²) in [5.74, 6) is -2.03. The van der Waals surface area contributed by atoms with Crippen molar-refractivity contribution in [3.8, 4) is 0 Å². The Morgan fingerprint density at radius 2 is 2.14 bits per heavy atom. The van der Waals surface area contributed by atoms with Crippen LogP contribution in [0.2, 0.25) is 0 Å². The number of aliphatic carboxylic acids is 1. The first-order valence-corrected chi connectivity index (χ1v) is 6.71. The second-order valence-electron chi connectivity index (χ2n) is 4.52. The monoisotopic (exact) mass is 290 g/mol. The zero-order valence-corrected chi connectivity index (χ0v) is 12.1. The molecule has 8 nitrogen and oxygen atoms in total. The van der Waals surface area contributed by atoms with Crippen LogP contribution in [0.5, 0.6) is 0 Å². The maximum Gasteiger partial charge on any atom is 0.274 e. The van der Waals surface area contributed by atoms with Crippen LogP contribution < -0.4 is 16.0 Å². The largest absolute Gasteiger partial charge is 0.549 e. The summed E-state index contributed by atoms with van der Waals surface area (Å²) in [6, 6.07) is 0. The molecule has 0 aliphatic carbocycles. The fraction of sp³-hybridized carbons (Fsp3) is 0.462. The van der Waals surface area contributed by atoms with Crippen molar-refractivity contribution in [1.29, 1.82) is 0 Å². The number of fused-ring (bicyclic) bond motifs is 1. The fourth-order valence-corrected chi connectivity index (χ4v) is 1.99. The van der Waals surface area contributed by atoms with E-state index in [1.165, 1.54) is 17.7 Å². The highest BCUT2D eigenvalue weighted by Crippen LogP contribution is 2.14. The summed E-state index contributed by atoms with van der Waals surface area (Å²) in [7, 11) is 0. The van der Waals surface area contributed by atoms with Crippen molar-refractivity contribution in [3.05, 3.63) is 22.2 Å². The SMILES string of the molecule is CCNc1ncc2nc(C(C)C(=O)[O-])c(=O)n(CC)c2n1. The first-order valence-electron chi connectivity index (χ1n) is 6.71. The summed E-state index contributed by atoms with van der Waals surface area (Å²) in [4.78, 5) is 35.8. The van der Waals surface area contributed by atoms with E-state index in [2.05, 4.69) is 20.3 Å². The molecule has 0 radical (unpaired) electrons. The van der Waals surface area contributed by atoms with Gasteiger partial charge < -0.3 is 15.2 Å². The summed E-state index contributed by atoms with van der Waals surface area (Å²) in [5.41, 5.74) is 0.218. The lowest BCUT2D eigenvalue weighted by Crippen LogP contribution is -2.35. The topological polar surface area (TPSA) is 113 Å². The van der Waals surface area contributed by atoms with E-state index in [1.807, 2.05) is 6.92 Å². The van der Waals surface area contributed by atoms with Gasteiger partial charge in [0, 0.05) is 19.0 Å². The number of carbonyl (C=O) groups is 1. The van der Waals surface area contributed by atoms with Crippen LogP contribution in [0.3, 0.4) is 0 Å². The lowest BCUT2D eigenvalue weighted by Gasteiger charge is -2.15. The van der Waals surface area contributed by atoms with Crippen molar-refractivity contribution in [1.82, 2.24) is 19.5 Å². The number of carboxylic acid groups (broad SMARTS) is 1. The maximum atomic E-state index is 12.4. The summed E-state index contributed by atoms with van der Waals surface area (Å²) in [5, 5.41) is 13.9. The third-order valence-corrected chi connectivity index (χ3v) is 3.13. The van der Waals surface area contributed by atoms with Crippen LogP contribution in [0.25, 0.3) is 11.2 Å². The van der Waals surface area contributed by atoms with Gasteiger partial charge in [-0.05, 0) is 13.8 Å². The van der Waals surface area contributed by atoms with Crippen LogP contribution in [0.1, 0.15) is 32.4 Å². The minimum absolute atomic E-state index is 0.0656. The number of hydrogen-bond acceptors (Lipinski definition) is 7. The molecule has 112 valence electrons. The molecule has 21 heavy (non-hydrogen) atoms. The van der Waals surface area contributed by atoms with E-state index < -0.39 is 17.4 Å². The molecule has 0 aliphatic heterocycles. The molecule has 2 rings (SSSR count).